The monoisotopic (exact) mass is 244 g/mol. The van der Waals surface area contributed by atoms with E-state index in [2.05, 4.69) is 5.10 Å². The number of hydrogen-bond donors (Lipinski definition) is 1. The van der Waals surface area contributed by atoms with Gasteiger partial charge in [-0.2, -0.15) is 5.10 Å². The standard InChI is InChI=1S/C14H16N2O2/c1-10-3-5-12(6-4-10)13(17)9-16-14(18)7-11(2)8-15-16/h3-8,13,17H,9H2,1-2H3. The van der Waals surface area contributed by atoms with Gasteiger partial charge in [0.25, 0.3) is 5.56 Å². The van der Waals surface area contributed by atoms with E-state index in [-0.39, 0.29) is 12.1 Å². The van der Waals surface area contributed by atoms with Crippen LogP contribution in [0.3, 0.4) is 0 Å². The van der Waals surface area contributed by atoms with Crippen LogP contribution in [-0.4, -0.2) is 14.9 Å². The van der Waals surface area contributed by atoms with Crippen molar-refractivity contribution in [3.05, 3.63) is 63.6 Å². The van der Waals surface area contributed by atoms with Crippen molar-refractivity contribution in [1.29, 1.82) is 0 Å². The minimum absolute atomic E-state index is 0.169. The molecule has 1 aromatic carbocycles. The van der Waals surface area contributed by atoms with E-state index >= 15 is 0 Å². The molecule has 1 N–H and O–H groups in total. The quantitative estimate of drug-likeness (QED) is 0.892. The lowest BCUT2D eigenvalue weighted by Gasteiger charge is -2.12. The van der Waals surface area contributed by atoms with Gasteiger partial charge in [-0.15, -0.1) is 0 Å². The van der Waals surface area contributed by atoms with Gasteiger partial charge in [0.05, 0.1) is 18.8 Å². The second-order valence-electron chi connectivity index (χ2n) is 4.48. The number of nitrogens with zero attached hydrogens (tertiary/aromatic N) is 2. The lowest BCUT2D eigenvalue weighted by atomic mass is 10.1. The van der Waals surface area contributed by atoms with Crippen LogP contribution in [0.25, 0.3) is 0 Å². The van der Waals surface area contributed by atoms with E-state index < -0.39 is 6.10 Å². The Bertz CT molecular complexity index is 587. The zero-order chi connectivity index (χ0) is 13.1. The molecule has 0 aliphatic rings. The van der Waals surface area contributed by atoms with E-state index in [9.17, 15) is 9.90 Å². The summed E-state index contributed by atoms with van der Waals surface area (Å²) in [7, 11) is 0. The first kappa shape index (κ1) is 12.5. The predicted octanol–water partition coefficient (Wildman–Crippen LogP) is 1.59. The smallest absolute Gasteiger partial charge is 0.267 e. The number of benzene rings is 1. The molecule has 1 heterocycles. The number of aryl methyl sites for hydroxylation is 2. The summed E-state index contributed by atoms with van der Waals surface area (Å²) in [5.41, 5.74) is 2.55. The first-order valence-electron chi connectivity index (χ1n) is 5.84. The van der Waals surface area contributed by atoms with Gasteiger partial charge in [-0.25, -0.2) is 4.68 Å². The summed E-state index contributed by atoms with van der Waals surface area (Å²) in [5, 5.41) is 14.1. The molecule has 4 nitrogen and oxygen atoms in total. The highest BCUT2D eigenvalue weighted by atomic mass is 16.3. The SMILES string of the molecule is Cc1ccc(C(O)Cn2ncc(C)cc2=O)cc1. The number of aliphatic hydroxyl groups excluding tert-OH is 1. The Hall–Kier alpha value is -1.94. The fourth-order valence-corrected chi connectivity index (χ4v) is 1.72. The van der Waals surface area contributed by atoms with Crippen LogP contribution in [0, 0.1) is 13.8 Å². The molecule has 0 spiro atoms. The molecule has 0 aliphatic heterocycles. The van der Waals surface area contributed by atoms with Crippen molar-refractivity contribution < 1.29 is 5.11 Å². The van der Waals surface area contributed by atoms with Crippen LogP contribution in [0.4, 0.5) is 0 Å². The van der Waals surface area contributed by atoms with Gasteiger partial charge in [0.2, 0.25) is 0 Å². The lowest BCUT2D eigenvalue weighted by molar-refractivity contribution is 0.149. The van der Waals surface area contributed by atoms with Crippen molar-refractivity contribution in [3.8, 4) is 0 Å². The molecule has 0 saturated heterocycles. The highest BCUT2D eigenvalue weighted by Gasteiger charge is 2.09. The normalized spacial score (nSPS) is 12.4. The van der Waals surface area contributed by atoms with Crippen LogP contribution in [-0.2, 0) is 6.54 Å². The Kier molecular flexibility index (Phi) is 3.58. The van der Waals surface area contributed by atoms with E-state index in [1.54, 1.807) is 6.20 Å². The van der Waals surface area contributed by atoms with Gasteiger partial charge in [0.1, 0.15) is 0 Å². The molecular weight excluding hydrogens is 228 g/mol. The highest BCUT2D eigenvalue weighted by Crippen LogP contribution is 2.14. The molecule has 0 radical (unpaired) electrons. The maximum atomic E-state index is 11.7. The first-order chi connectivity index (χ1) is 8.56. The summed E-state index contributed by atoms with van der Waals surface area (Å²) in [5.74, 6) is 0. The molecule has 2 rings (SSSR count). The van der Waals surface area contributed by atoms with E-state index in [4.69, 9.17) is 0 Å². The van der Waals surface area contributed by atoms with Crippen LogP contribution < -0.4 is 5.56 Å². The summed E-state index contributed by atoms with van der Waals surface area (Å²) in [6, 6.07) is 9.10. The molecule has 1 unspecified atom stereocenters. The van der Waals surface area contributed by atoms with E-state index in [1.165, 1.54) is 10.7 Å². The molecule has 0 bridgehead atoms. The molecule has 2 aromatic rings. The Labute approximate surface area is 106 Å². The Morgan fingerprint density at radius 2 is 1.89 bits per heavy atom. The van der Waals surface area contributed by atoms with Crippen molar-refractivity contribution >= 4 is 0 Å². The number of rotatable bonds is 3. The maximum Gasteiger partial charge on any atom is 0.267 e. The summed E-state index contributed by atoms with van der Waals surface area (Å²) in [4.78, 5) is 11.7. The Morgan fingerprint density at radius 1 is 1.22 bits per heavy atom. The van der Waals surface area contributed by atoms with E-state index in [0.717, 1.165) is 16.7 Å². The van der Waals surface area contributed by atoms with Crippen LogP contribution >= 0.6 is 0 Å². The Balaban J connectivity index is 2.18. The van der Waals surface area contributed by atoms with Crippen LogP contribution in [0.5, 0.6) is 0 Å². The maximum absolute atomic E-state index is 11.7. The summed E-state index contributed by atoms with van der Waals surface area (Å²) in [6.07, 6.45) is 0.891. The summed E-state index contributed by atoms with van der Waals surface area (Å²) in [6.45, 7) is 3.97. The van der Waals surface area contributed by atoms with Gasteiger partial charge in [-0.1, -0.05) is 29.8 Å². The van der Waals surface area contributed by atoms with Crippen LogP contribution in [0.15, 0.2) is 41.3 Å². The van der Waals surface area contributed by atoms with Gasteiger partial charge < -0.3 is 5.11 Å². The molecule has 94 valence electrons. The first-order valence-corrected chi connectivity index (χ1v) is 5.84. The average Bonchev–Trinajstić information content (AvgIpc) is 2.33. The molecule has 0 saturated carbocycles. The van der Waals surface area contributed by atoms with E-state index in [1.807, 2.05) is 38.1 Å². The summed E-state index contributed by atoms with van der Waals surface area (Å²) >= 11 is 0. The third-order valence-electron chi connectivity index (χ3n) is 2.81. The van der Waals surface area contributed by atoms with Crippen LogP contribution in [0.1, 0.15) is 22.8 Å². The zero-order valence-corrected chi connectivity index (χ0v) is 10.5. The van der Waals surface area contributed by atoms with Crippen molar-refractivity contribution in [2.45, 2.75) is 26.5 Å². The second kappa shape index (κ2) is 5.14. The molecule has 0 amide bonds. The molecule has 18 heavy (non-hydrogen) atoms. The van der Waals surface area contributed by atoms with Gasteiger partial charge in [0, 0.05) is 6.07 Å². The van der Waals surface area contributed by atoms with Crippen molar-refractivity contribution in [2.24, 2.45) is 0 Å². The minimum atomic E-state index is -0.724. The van der Waals surface area contributed by atoms with Crippen molar-refractivity contribution in [2.75, 3.05) is 0 Å². The number of aliphatic hydroxyl groups is 1. The third kappa shape index (κ3) is 2.84. The second-order valence-corrected chi connectivity index (χ2v) is 4.48. The fraction of sp³-hybridized carbons (Fsp3) is 0.286. The Morgan fingerprint density at radius 3 is 2.50 bits per heavy atom. The molecule has 4 heteroatoms. The average molecular weight is 244 g/mol. The van der Waals surface area contributed by atoms with Crippen molar-refractivity contribution in [1.82, 2.24) is 9.78 Å². The van der Waals surface area contributed by atoms with Gasteiger partial charge >= 0.3 is 0 Å². The molecule has 0 fully saturated rings. The molecule has 0 aliphatic carbocycles. The largest absolute Gasteiger partial charge is 0.386 e. The predicted molar refractivity (Wildman–Crippen MR) is 69.4 cm³/mol. The minimum Gasteiger partial charge on any atom is -0.386 e. The van der Waals surface area contributed by atoms with Gasteiger partial charge in [-0.05, 0) is 25.0 Å². The van der Waals surface area contributed by atoms with Crippen LogP contribution in [0.2, 0.25) is 0 Å². The van der Waals surface area contributed by atoms with E-state index in [0.29, 0.717) is 0 Å². The number of aromatic nitrogens is 2. The van der Waals surface area contributed by atoms with Gasteiger partial charge in [-0.3, -0.25) is 4.79 Å². The van der Waals surface area contributed by atoms with Crippen molar-refractivity contribution in [3.63, 3.8) is 0 Å². The topological polar surface area (TPSA) is 55.1 Å². The molecule has 1 aromatic heterocycles. The third-order valence-corrected chi connectivity index (χ3v) is 2.81. The fourth-order valence-electron chi connectivity index (χ4n) is 1.72. The molecule has 1 atom stereocenters. The zero-order valence-electron chi connectivity index (χ0n) is 10.5. The number of hydrogen-bond acceptors (Lipinski definition) is 3. The lowest BCUT2D eigenvalue weighted by Crippen LogP contribution is -2.25. The van der Waals surface area contributed by atoms with Gasteiger partial charge in [0.15, 0.2) is 0 Å². The summed E-state index contributed by atoms with van der Waals surface area (Å²) < 4.78 is 1.28. The highest BCUT2D eigenvalue weighted by molar-refractivity contribution is 5.23. The molecular formula is C14H16N2O2.